The topological polar surface area (TPSA) is 104 Å². The van der Waals surface area contributed by atoms with Crippen molar-refractivity contribution < 1.29 is 18.7 Å². The van der Waals surface area contributed by atoms with Gasteiger partial charge in [-0.3, -0.25) is 9.78 Å². The number of hydrogen-bond donors (Lipinski definition) is 2. The van der Waals surface area contributed by atoms with Gasteiger partial charge in [-0.2, -0.15) is 0 Å². The second-order valence-corrected chi connectivity index (χ2v) is 11.3. The molecule has 4 aromatic rings. The average molecular weight is 575 g/mol. The van der Waals surface area contributed by atoms with Gasteiger partial charge in [0, 0.05) is 91.7 Å². The number of carboxylic acids is 1. The van der Waals surface area contributed by atoms with Gasteiger partial charge in [0.15, 0.2) is 11.6 Å². The molecule has 0 amide bonds. The van der Waals surface area contributed by atoms with E-state index in [1.165, 1.54) is 16.8 Å². The molecule has 11 heteroatoms. The number of likely N-dealkylation sites (N-methyl/N-ethyl adjacent to an activating group) is 1. The summed E-state index contributed by atoms with van der Waals surface area (Å²) >= 11 is 0. The molecule has 9 nitrogen and oxygen atoms in total. The van der Waals surface area contributed by atoms with Crippen molar-refractivity contribution in [2.24, 2.45) is 7.05 Å². The molecule has 42 heavy (non-hydrogen) atoms. The summed E-state index contributed by atoms with van der Waals surface area (Å²) in [7, 11) is 5.64. The summed E-state index contributed by atoms with van der Waals surface area (Å²) < 4.78 is 32.3. The van der Waals surface area contributed by atoms with E-state index in [4.69, 9.17) is 4.98 Å². The van der Waals surface area contributed by atoms with Crippen molar-refractivity contribution in [3.8, 4) is 22.3 Å². The van der Waals surface area contributed by atoms with Gasteiger partial charge in [-0.15, -0.1) is 0 Å². The van der Waals surface area contributed by atoms with Crippen molar-refractivity contribution >= 4 is 28.4 Å². The number of nitrogens with one attached hydrogen (secondary N) is 1. The molecule has 3 aromatic heterocycles. The van der Waals surface area contributed by atoms with E-state index in [0.29, 0.717) is 58.8 Å². The molecule has 1 fully saturated rings. The molecule has 1 saturated heterocycles. The number of nitrogens with zero attached hydrogens (tertiary/aromatic N) is 5. The fraction of sp³-hybridized carbons (Fsp3) is 0.355. The second kappa shape index (κ2) is 10.5. The van der Waals surface area contributed by atoms with E-state index in [-0.39, 0.29) is 22.6 Å². The van der Waals surface area contributed by atoms with Crippen LogP contribution in [0, 0.1) is 11.6 Å². The number of anilines is 2. The van der Waals surface area contributed by atoms with Crippen LogP contribution < -0.4 is 15.6 Å². The molecule has 2 aliphatic rings. The van der Waals surface area contributed by atoms with Crippen molar-refractivity contribution in [2.75, 3.05) is 43.9 Å². The summed E-state index contributed by atoms with van der Waals surface area (Å²) in [5.41, 5.74) is 3.85. The fourth-order valence-corrected chi connectivity index (χ4v) is 6.47. The van der Waals surface area contributed by atoms with Crippen LogP contribution in [0.3, 0.4) is 0 Å². The normalized spacial score (nSPS) is 15.9. The van der Waals surface area contributed by atoms with E-state index in [9.17, 15) is 14.7 Å². The van der Waals surface area contributed by atoms with Gasteiger partial charge < -0.3 is 24.8 Å². The van der Waals surface area contributed by atoms with Crippen LogP contribution in [0.2, 0.25) is 0 Å². The second-order valence-electron chi connectivity index (χ2n) is 11.3. The maximum atomic E-state index is 15.8. The SMILES string of the molecule is CCNc1cc(F)c(F)c2c1Cc1ncc(-c3cnc4c(c3)c(=O)c(C(=O)O)cn4C)c(N3CCC[C@H]3CN(C)C)c1-2. The minimum Gasteiger partial charge on any atom is -0.477 e. The molecule has 0 unspecified atom stereocenters. The number of fused-ring (bicyclic) bond motifs is 4. The summed E-state index contributed by atoms with van der Waals surface area (Å²) in [6.45, 7) is 3.92. The fourth-order valence-electron chi connectivity index (χ4n) is 6.47. The number of carbonyl (C=O) groups is 1. The molecule has 0 spiro atoms. The summed E-state index contributed by atoms with van der Waals surface area (Å²) in [5, 5.41) is 12.9. The Balaban J connectivity index is 1.66. The molecule has 1 aliphatic heterocycles. The first kappa shape index (κ1) is 27.8. The molecule has 1 aromatic carbocycles. The Morgan fingerprint density at radius 3 is 2.69 bits per heavy atom. The standard InChI is InChI=1S/C31H32F2N6O3/c1-5-34-23-11-22(32)27(33)25-18(23)10-24-26(25)28(39-8-6-7-17(39)14-37(2)3)20(13-35-24)16-9-19-29(40)21(31(41)42)15-38(4)30(19)36-12-16/h9,11-13,15,17,34H,5-8,10,14H2,1-4H3,(H,41,42)/t17-/m0/s1. The Labute approximate surface area is 241 Å². The predicted molar refractivity (Wildman–Crippen MR) is 158 cm³/mol. The Hall–Kier alpha value is -4.38. The van der Waals surface area contributed by atoms with Crippen LogP contribution in [0.5, 0.6) is 0 Å². The van der Waals surface area contributed by atoms with Crippen LogP contribution in [0.15, 0.2) is 35.5 Å². The van der Waals surface area contributed by atoms with Crippen LogP contribution >= 0.6 is 0 Å². The predicted octanol–water partition coefficient (Wildman–Crippen LogP) is 4.51. The minimum atomic E-state index is -1.32. The molecule has 0 radical (unpaired) electrons. The molecular formula is C31H32F2N6O3. The molecule has 0 saturated carbocycles. The molecule has 218 valence electrons. The summed E-state index contributed by atoms with van der Waals surface area (Å²) in [5.74, 6) is -3.17. The van der Waals surface area contributed by atoms with E-state index >= 15 is 8.78 Å². The first-order valence-corrected chi connectivity index (χ1v) is 14.0. The molecule has 6 rings (SSSR count). The van der Waals surface area contributed by atoms with Gasteiger partial charge in [-0.05, 0) is 45.5 Å². The lowest BCUT2D eigenvalue weighted by Crippen LogP contribution is -2.38. The molecule has 0 bridgehead atoms. The van der Waals surface area contributed by atoms with Gasteiger partial charge in [0.25, 0.3) is 0 Å². The number of rotatable bonds is 7. The van der Waals surface area contributed by atoms with Crippen molar-refractivity contribution in [1.29, 1.82) is 0 Å². The quantitative estimate of drug-likeness (QED) is 0.293. The number of aryl methyl sites for hydroxylation is 1. The largest absolute Gasteiger partial charge is 0.477 e. The number of carboxylic acid groups (broad SMARTS) is 1. The number of hydrogen-bond acceptors (Lipinski definition) is 7. The number of aromatic nitrogens is 3. The van der Waals surface area contributed by atoms with Crippen molar-refractivity contribution in [1.82, 2.24) is 19.4 Å². The van der Waals surface area contributed by atoms with Crippen LogP contribution in [0.4, 0.5) is 20.2 Å². The molecule has 1 atom stereocenters. The van der Waals surface area contributed by atoms with Gasteiger partial charge in [0.05, 0.1) is 16.8 Å². The molecule has 2 N–H and O–H groups in total. The van der Waals surface area contributed by atoms with Crippen LogP contribution in [-0.4, -0.2) is 70.3 Å². The first-order valence-electron chi connectivity index (χ1n) is 14.0. The number of aromatic carboxylic acids is 1. The Morgan fingerprint density at radius 2 is 1.98 bits per heavy atom. The molecule has 4 heterocycles. The summed E-state index contributed by atoms with van der Waals surface area (Å²) in [6, 6.07) is 2.94. The number of halogens is 2. The van der Waals surface area contributed by atoms with Crippen molar-refractivity contribution in [3.63, 3.8) is 0 Å². The van der Waals surface area contributed by atoms with Crippen LogP contribution in [0.25, 0.3) is 33.3 Å². The zero-order valence-electron chi connectivity index (χ0n) is 24.0. The van der Waals surface area contributed by atoms with Gasteiger partial charge in [-0.1, -0.05) is 0 Å². The smallest absolute Gasteiger partial charge is 0.341 e. The summed E-state index contributed by atoms with van der Waals surface area (Å²) in [4.78, 5) is 38.6. The number of benzene rings is 1. The van der Waals surface area contributed by atoms with Gasteiger partial charge in [0.1, 0.15) is 11.2 Å². The molecule has 1 aliphatic carbocycles. The highest BCUT2D eigenvalue weighted by Crippen LogP contribution is 2.51. The van der Waals surface area contributed by atoms with E-state index < -0.39 is 23.0 Å². The number of pyridine rings is 3. The maximum Gasteiger partial charge on any atom is 0.341 e. The van der Waals surface area contributed by atoms with Gasteiger partial charge >= 0.3 is 5.97 Å². The average Bonchev–Trinajstić information content (AvgIpc) is 3.57. The lowest BCUT2D eigenvalue weighted by molar-refractivity contribution is 0.0695. The van der Waals surface area contributed by atoms with Gasteiger partial charge in [0.2, 0.25) is 5.43 Å². The molecular weight excluding hydrogens is 542 g/mol. The third kappa shape index (κ3) is 4.39. The van der Waals surface area contributed by atoms with E-state index in [1.807, 2.05) is 21.0 Å². The third-order valence-corrected chi connectivity index (χ3v) is 8.21. The monoisotopic (exact) mass is 574 g/mol. The van der Waals surface area contributed by atoms with Gasteiger partial charge in [-0.25, -0.2) is 18.6 Å². The third-order valence-electron chi connectivity index (χ3n) is 8.21. The van der Waals surface area contributed by atoms with Crippen LogP contribution in [0.1, 0.15) is 41.4 Å². The Bertz CT molecular complexity index is 1820. The first-order chi connectivity index (χ1) is 20.1. The van der Waals surface area contributed by atoms with Crippen LogP contribution in [-0.2, 0) is 13.5 Å². The summed E-state index contributed by atoms with van der Waals surface area (Å²) in [6.07, 6.45) is 6.79. The highest BCUT2D eigenvalue weighted by atomic mass is 19.2. The lowest BCUT2D eigenvalue weighted by atomic mass is 9.96. The Kier molecular flexibility index (Phi) is 6.92. The maximum absolute atomic E-state index is 15.8. The Morgan fingerprint density at radius 1 is 1.19 bits per heavy atom. The van der Waals surface area contributed by atoms with E-state index in [1.54, 1.807) is 25.5 Å². The highest BCUT2D eigenvalue weighted by molar-refractivity contribution is 5.98. The van der Waals surface area contributed by atoms with Crippen molar-refractivity contribution in [2.45, 2.75) is 32.2 Å². The lowest BCUT2D eigenvalue weighted by Gasteiger charge is -2.32. The van der Waals surface area contributed by atoms with Crippen molar-refractivity contribution in [3.05, 3.63) is 69.4 Å². The van der Waals surface area contributed by atoms with E-state index in [2.05, 4.69) is 20.1 Å². The highest BCUT2D eigenvalue weighted by Gasteiger charge is 2.37. The minimum absolute atomic E-state index is 0.110. The zero-order valence-corrected chi connectivity index (χ0v) is 24.0. The van der Waals surface area contributed by atoms with E-state index in [0.717, 1.165) is 25.1 Å². The zero-order chi connectivity index (χ0) is 29.9.